The van der Waals surface area contributed by atoms with Gasteiger partial charge in [-0.25, -0.2) is 0 Å². The molecule has 15 heavy (non-hydrogen) atoms. The van der Waals surface area contributed by atoms with Crippen molar-refractivity contribution in [2.45, 2.75) is 32.5 Å². The molecule has 0 aromatic rings. The standard InChI is InChI=1S/C7H16O6S2/c1-5-7(13-15(4,10)11)6(2)12-14(3,8)9/h6-7H,5H2,1-4H3. The van der Waals surface area contributed by atoms with Crippen LogP contribution in [0.1, 0.15) is 20.3 Å². The maximum atomic E-state index is 10.8. The molecule has 92 valence electrons. The predicted octanol–water partition coefficient (Wildman–Crippen LogP) is 0.106. The predicted molar refractivity (Wildman–Crippen MR) is 55.4 cm³/mol. The molecular weight excluding hydrogens is 244 g/mol. The molecule has 0 fully saturated rings. The highest BCUT2D eigenvalue weighted by Crippen LogP contribution is 2.12. The average molecular weight is 260 g/mol. The fourth-order valence-corrected chi connectivity index (χ4v) is 2.46. The molecule has 0 N–H and O–H groups in total. The van der Waals surface area contributed by atoms with Gasteiger partial charge in [0.15, 0.2) is 0 Å². The molecule has 6 nitrogen and oxygen atoms in total. The molecule has 0 rings (SSSR count). The minimum absolute atomic E-state index is 0.337. The Morgan fingerprint density at radius 1 is 1.00 bits per heavy atom. The number of rotatable bonds is 6. The zero-order valence-electron chi connectivity index (χ0n) is 9.13. The quantitative estimate of drug-likeness (QED) is 0.630. The lowest BCUT2D eigenvalue weighted by atomic mass is 10.2. The van der Waals surface area contributed by atoms with E-state index >= 15 is 0 Å². The summed E-state index contributed by atoms with van der Waals surface area (Å²) in [6.07, 6.45) is 0.512. The van der Waals surface area contributed by atoms with Crippen molar-refractivity contribution in [2.24, 2.45) is 0 Å². The van der Waals surface area contributed by atoms with Gasteiger partial charge in [0, 0.05) is 0 Å². The molecule has 2 atom stereocenters. The van der Waals surface area contributed by atoms with Crippen LogP contribution in [0.2, 0.25) is 0 Å². The van der Waals surface area contributed by atoms with E-state index in [2.05, 4.69) is 8.37 Å². The third-order valence-corrected chi connectivity index (χ3v) is 2.80. The van der Waals surface area contributed by atoms with Crippen molar-refractivity contribution >= 4 is 20.2 Å². The van der Waals surface area contributed by atoms with Crippen LogP contribution in [-0.2, 0) is 28.6 Å². The van der Waals surface area contributed by atoms with E-state index in [9.17, 15) is 16.8 Å². The van der Waals surface area contributed by atoms with Crippen LogP contribution in [0.5, 0.6) is 0 Å². The molecule has 2 unspecified atom stereocenters. The second-order valence-electron chi connectivity index (χ2n) is 3.25. The smallest absolute Gasteiger partial charge is 0.264 e. The van der Waals surface area contributed by atoms with Crippen molar-refractivity contribution in [2.75, 3.05) is 12.5 Å². The monoisotopic (exact) mass is 260 g/mol. The third-order valence-electron chi connectivity index (χ3n) is 1.55. The van der Waals surface area contributed by atoms with Crippen LogP contribution in [0.3, 0.4) is 0 Å². The van der Waals surface area contributed by atoms with Crippen molar-refractivity contribution in [3.63, 3.8) is 0 Å². The Hall–Kier alpha value is -0.180. The molecule has 0 heterocycles. The normalized spacial score (nSPS) is 17.3. The first-order valence-electron chi connectivity index (χ1n) is 4.31. The van der Waals surface area contributed by atoms with Gasteiger partial charge in [0.05, 0.1) is 12.5 Å². The SMILES string of the molecule is CCC(OS(C)(=O)=O)C(C)OS(C)(=O)=O. The van der Waals surface area contributed by atoms with Crippen LogP contribution in [-0.4, -0.2) is 41.6 Å². The van der Waals surface area contributed by atoms with Crippen molar-refractivity contribution in [1.29, 1.82) is 0 Å². The van der Waals surface area contributed by atoms with Gasteiger partial charge < -0.3 is 0 Å². The maximum absolute atomic E-state index is 10.8. The van der Waals surface area contributed by atoms with E-state index in [0.717, 1.165) is 12.5 Å². The molecule has 0 spiro atoms. The van der Waals surface area contributed by atoms with Crippen LogP contribution >= 0.6 is 0 Å². The second kappa shape index (κ2) is 5.24. The molecule has 0 aromatic carbocycles. The highest BCUT2D eigenvalue weighted by atomic mass is 32.2. The first kappa shape index (κ1) is 14.8. The lowest BCUT2D eigenvalue weighted by molar-refractivity contribution is 0.0735. The summed E-state index contributed by atoms with van der Waals surface area (Å²) in [5, 5.41) is 0. The van der Waals surface area contributed by atoms with E-state index in [4.69, 9.17) is 0 Å². The van der Waals surface area contributed by atoms with Gasteiger partial charge >= 0.3 is 0 Å². The maximum Gasteiger partial charge on any atom is 0.264 e. The zero-order valence-corrected chi connectivity index (χ0v) is 10.8. The summed E-state index contributed by atoms with van der Waals surface area (Å²) in [5.41, 5.74) is 0. The summed E-state index contributed by atoms with van der Waals surface area (Å²) in [6, 6.07) is 0. The van der Waals surface area contributed by atoms with E-state index < -0.39 is 32.4 Å². The van der Waals surface area contributed by atoms with Crippen molar-refractivity contribution < 1.29 is 25.2 Å². The molecular formula is C7H16O6S2. The minimum atomic E-state index is -3.61. The zero-order chi connectivity index (χ0) is 12.3. The van der Waals surface area contributed by atoms with E-state index in [1.807, 2.05) is 0 Å². The van der Waals surface area contributed by atoms with Gasteiger partial charge in [-0.3, -0.25) is 8.37 Å². The Morgan fingerprint density at radius 3 is 1.67 bits per heavy atom. The summed E-state index contributed by atoms with van der Waals surface area (Å²) in [6.45, 7) is 3.12. The average Bonchev–Trinajstić information content (AvgIpc) is 1.94. The molecule has 0 saturated heterocycles. The van der Waals surface area contributed by atoms with Crippen LogP contribution in [0.25, 0.3) is 0 Å². The molecule has 0 saturated carbocycles. The van der Waals surface area contributed by atoms with Gasteiger partial charge in [-0.05, 0) is 13.3 Å². The van der Waals surface area contributed by atoms with Crippen molar-refractivity contribution in [3.8, 4) is 0 Å². The lowest BCUT2D eigenvalue weighted by Gasteiger charge is -2.20. The molecule has 0 aromatic heterocycles. The Kier molecular flexibility index (Phi) is 5.18. The third kappa shape index (κ3) is 7.71. The van der Waals surface area contributed by atoms with E-state index in [0.29, 0.717) is 6.42 Å². The van der Waals surface area contributed by atoms with E-state index in [1.165, 1.54) is 6.92 Å². The molecule has 0 amide bonds. The van der Waals surface area contributed by atoms with Gasteiger partial charge in [-0.15, -0.1) is 0 Å². The first-order valence-corrected chi connectivity index (χ1v) is 7.95. The Labute approximate surface area is 90.8 Å². The fourth-order valence-electron chi connectivity index (χ4n) is 1.04. The van der Waals surface area contributed by atoms with E-state index in [-0.39, 0.29) is 0 Å². The summed E-state index contributed by atoms with van der Waals surface area (Å²) in [5.74, 6) is 0. The molecule has 0 aliphatic rings. The topological polar surface area (TPSA) is 86.7 Å². The summed E-state index contributed by atoms with van der Waals surface area (Å²) >= 11 is 0. The Morgan fingerprint density at radius 2 is 1.40 bits per heavy atom. The van der Waals surface area contributed by atoms with Crippen molar-refractivity contribution in [1.82, 2.24) is 0 Å². The Bertz CT molecular complexity index is 382. The fraction of sp³-hybridized carbons (Fsp3) is 1.00. The highest BCUT2D eigenvalue weighted by molar-refractivity contribution is 7.86. The van der Waals surface area contributed by atoms with Gasteiger partial charge in [0.25, 0.3) is 20.2 Å². The number of hydrogen-bond donors (Lipinski definition) is 0. The molecule has 0 aliphatic heterocycles. The molecule has 0 bridgehead atoms. The van der Waals surface area contributed by atoms with Crippen LogP contribution < -0.4 is 0 Å². The molecule has 0 aliphatic carbocycles. The van der Waals surface area contributed by atoms with Crippen LogP contribution in [0, 0.1) is 0 Å². The lowest BCUT2D eigenvalue weighted by Crippen LogP contribution is -2.32. The van der Waals surface area contributed by atoms with Gasteiger partial charge in [-0.2, -0.15) is 16.8 Å². The molecule has 8 heteroatoms. The molecule has 0 radical (unpaired) electrons. The van der Waals surface area contributed by atoms with Crippen molar-refractivity contribution in [3.05, 3.63) is 0 Å². The first-order chi connectivity index (χ1) is 6.55. The second-order valence-corrected chi connectivity index (χ2v) is 6.45. The largest absolute Gasteiger partial charge is 0.264 e. The van der Waals surface area contributed by atoms with Gasteiger partial charge in [-0.1, -0.05) is 6.92 Å². The van der Waals surface area contributed by atoms with Gasteiger partial charge in [0.1, 0.15) is 12.2 Å². The Balaban J connectivity index is 4.56. The van der Waals surface area contributed by atoms with E-state index in [1.54, 1.807) is 6.92 Å². The van der Waals surface area contributed by atoms with Crippen LogP contribution in [0.4, 0.5) is 0 Å². The summed E-state index contributed by atoms with van der Waals surface area (Å²) in [4.78, 5) is 0. The summed E-state index contributed by atoms with van der Waals surface area (Å²) in [7, 11) is -7.22. The summed E-state index contributed by atoms with van der Waals surface area (Å²) < 4.78 is 52.6. The number of hydrogen-bond acceptors (Lipinski definition) is 6. The minimum Gasteiger partial charge on any atom is -0.264 e. The van der Waals surface area contributed by atoms with Crippen LogP contribution in [0.15, 0.2) is 0 Å². The van der Waals surface area contributed by atoms with Gasteiger partial charge in [0.2, 0.25) is 0 Å². The highest BCUT2D eigenvalue weighted by Gasteiger charge is 2.24.